The molecule has 0 atom stereocenters. The summed E-state index contributed by atoms with van der Waals surface area (Å²) in [4.78, 5) is 4.71. The summed E-state index contributed by atoms with van der Waals surface area (Å²) in [6, 6.07) is 5.65. The summed E-state index contributed by atoms with van der Waals surface area (Å²) in [6.07, 6.45) is 0. The molecule has 0 aliphatic rings. The molecule has 0 radical (unpaired) electrons. The number of thiazole rings is 1. The topological polar surface area (TPSA) is 51.6 Å². The largest absolute Gasteiger partial charge is 0.497 e. The summed E-state index contributed by atoms with van der Waals surface area (Å²) in [7, 11) is 1.64. The molecule has 114 valence electrons. The number of methoxy groups -OCH3 is 1. The molecule has 0 bridgehead atoms. The number of aliphatic hydroxyl groups excluding tert-OH is 1. The third-order valence-corrected chi connectivity index (χ3v) is 4.31. The summed E-state index contributed by atoms with van der Waals surface area (Å²) in [5.74, 6) is 1.48. The molecule has 6 heteroatoms. The molecule has 2 rings (SSSR count). The van der Waals surface area contributed by atoms with Crippen LogP contribution in [0.5, 0.6) is 16.7 Å². The van der Waals surface area contributed by atoms with E-state index in [1.807, 2.05) is 18.2 Å². The fourth-order valence-corrected chi connectivity index (χ4v) is 2.84. The Balaban J connectivity index is 2.38. The van der Waals surface area contributed by atoms with E-state index in [9.17, 15) is 0 Å². The Morgan fingerprint density at radius 3 is 2.57 bits per heavy atom. The Hall–Kier alpha value is -1.30. The van der Waals surface area contributed by atoms with Gasteiger partial charge in [0.15, 0.2) is 0 Å². The van der Waals surface area contributed by atoms with Crippen LogP contribution in [0.4, 0.5) is 0 Å². The third kappa shape index (κ3) is 3.67. The molecule has 0 aliphatic heterocycles. The standard InChI is InChI=1S/C15H18ClNO3S/c1-15(2,3)10-7-9(19-4)5-6-11(10)20-14-17-13(16)12(8-18)21-14/h5-7,18H,8H2,1-4H3. The van der Waals surface area contributed by atoms with Crippen LogP contribution in [0.15, 0.2) is 18.2 Å². The van der Waals surface area contributed by atoms with Crippen molar-refractivity contribution in [1.29, 1.82) is 0 Å². The van der Waals surface area contributed by atoms with Gasteiger partial charge in [-0.25, -0.2) is 0 Å². The van der Waals surface area contributed by atoms with Gasteiger partial charge in [0.25, 0.3) is 5.19 Å². The first kappa shape index (κ1) is 16.1. The lowest BCUT2D eigenvalue weighted by molar-refractivity contribution is 0.285. The van der Waals surface area contributed by atoms with E-state index in [-0.39, 0.29) is 17.2 Å². The van der Waals surface area contributed by atoms with Gasteiger partial charge in [-0.05, 0) is 23.6 Å². The van der Waals surface area contributed by atoms with Gasteiger partial charge in [-0.1, -0.05) is 43.7 Å². The van der Waals surface area contributed by atoms with Crippen LogP contribution in [0.2, 0.25) is 5.15 Å². The minimum atomic E-state index is -0.144. The lowest BCUT2D eigenvalue weighted by Gasteiger charge is -2.22. The normalized spacial score (nSPS) is 11.5. The van der Waals surface area contributed by atoms with E-state index in [0.29, 0.717) is 15.8 Å². The van der Waals surface area contributed by atoms with Gasteiger partial charge in [0.05, 0.1) is 18.6 Å². The molecule has 1 aromatic heterocycles. The van der Waals surface area contributed by atoms with E-state index in [2.05, 4.69) is 25.8 Å². The van der Waals surface area contributed by atoms with Gasteiger partial charge in [-0.15, -0.1) is 0 Å². The average Bonchev–Trinajstić information content (AvgIpc) is 2.78. The van der Waals surface area contributed by atoms with Crippen molar-refractivity contribution in [3.63, 3.8) is 0 Å². The molecule has 0 unspecified atom stereocenters. The predicted octanol–water partition coefficient (Wildman–Crippen LogP) is 4.39. The average molecular weight is 328 g/mol. The monoisotopic (exact) mass is 327 g/mol. The maximum Gasteiger partial charge on any atom is 0.280 e. The number of benzene rings is 1. The summed E-state index contributed by atoms with van der Waals surface area (Å²) in [5.41, 5.74) is 0.906. The Kier molecular flexibility index (Phi) is 4.76. The number of aromatic nitrogens is 1. The van der Waals surface area contributed by atoms with Crippen LogP contribution in [0.25, 0.3) is 0 Å². The highest BCUT2D eigenvalue weighted by Crippen LogP contribution is 2.39. The van der Waals surface area contributed by atoms with Gasteiger partial charge in [0.2, 0.25) is 0 Å². The Bertz CT molecular complexity index is 634. The van der Waals surface area contributed by atoms with Crippen LogP contribution >= 0.6 is 22.9 Å². The van der Waals surface area contributed by atoms with Crippen molar-refractivity contribution in [2.45, 2.75) is 32.8 Å². The molecule has 1 heterocycles. The molecule has 0 spiro atoms. The van der Waals surface area contributed by atoms with E-state index in [1.54, 1.807) is 7.11 Å². The number of hydrogen-bond acceptors (Lipinski definition) is 5. The van der Waals surface area contributed by atoms with E-state index in [4.69, 9.17) is 26.2 Å². The molecule has 0 saturated heterocycles. The number of halogens is 1. The molecular weight excluding hydrogens is 310 g/mol. The summed E-state index contributed by atoms with van der Waals surface area (Å²) < 4.78 is 11.1. The van der Waals surface area contributed by atoms with E-state index in [0.717, 1.165) is 11.3 Å². The van der Waals surface area contributed by atoms with Crippen LogP contribution in [-0.4, -0.2) is 17.2 Å². The summed E-state index contributed by atoms with van der Waals surface area (Å²) in [5, 5.41) is 9.86. The van der Waals surface area contributed by atoms with Crippen molar-refractivity contribution in [1.82, 2.24) is 4.98 Å². The fraction of sp³-hybridized carbons (Fsp3) is 0.400. The number of ether oxygens (including phenoxy) is 2. The number of rotatable bonds is 4. The van der Waals surface area contributed by atoms with E-state index < -0.39 is 0 Å². The Morgan fingerprint density at radius 1 is 1.33 bits per heavy atom. The minimum absolute atomic E-state index is 0.106. The van der Waals surface area contributed by atoms with Gasteiger partial charge in [0.1, 0.15) is 16.7 Å². The van der Waals surface area contributed by atoms with Crippen LogP contribution in [0, 0.1) is 0 Å². The lowest BCUT2D eigenvalue weighted by Crippen LogP contribution is -2.12. The Morgan fingerprint density at radius 2 is 2.05 bits per heavy atom. The maximum atomic E-state index is 9.16. The van der Waals surface area contributed by atoms with Gasteiger partial charge in [-0.2, -0.15) is 4.98 Å². The second kappa shape index (κ2) is 6.22. The van der Waals surface area contributed by atoms with Crippen LogP contribution < -0.4 is 9.47 Å². The van der Waals surface area contributed by atoms with Crippen LogP contribution in [0.1, 0.15) is 31.2 Å². The minimum Gasteiger partial charge on any atom is -0.497 e. The number of aliphatic hydroxyl groups is 1. The smallest absolute Gasteiger partial charge is 0.280 e. The first-order valence-electron chi connectivity index (χ1n) is 6.47. The SMILES string of the molecule is COc1ccc(Oc2nc(Cl)c(CO)s2)c(C(C)(C)C)c1. The zero-order valence-electron chi connectivity index (χ0n) is 12.4. The fourth-order valence-electron chi connectivity index (χ4n) is 1.86. The molecule has 0 aliphatic carbocycles. The second-order valence-corrected chi connectivity index (χ2v) is 6.97. The molecule has 0 fully saturated rings. The van der Waals surface area contributed by atoms with Crippen molar-refractivity contribution in [2.75, 3.05) is 7.11 Å². The van der Waals surface area contributed by atoms with Crippen molar-refractivity contribution in [3.05, 3.63) is 33.8 Å². The summed E-state index contributed by atoms with van der Waals surface area (Å²) >= 11 is 7.17. The van der Waals surface area contributed by atoms with Crippen LogP contribution in [-0.2, 0) is 12.0 Å². The van der Waals surface area contributed by atoms with Gasteiger partial charge < -0.3 is 14.6 Å². The van der Waals surface area contributed by atoms with Gasteiger partial charge >= 0.3 is 0 Å². The molecule has 1 aromatic carbocycles. The highest BCUT2D eigenvalue weighted by molar-refractivity contribution is 7.13. The molecule has 21 heavy (non-hydrogen) atoms. The Labute approximate surface area is 133 Å². The van der Waals surface area contributed by atoms with Crippen molar-refractivity contribution in [3.8, 4) is 16.7 Å². The maximum absolute atomic E-state index is 9.16. The third-order valence-electron chi connectivity index (χ3n) is 2.97. The zero-order valence-corrected chi connectivity index (χ0v) is 14.0. The number of nitrogens with zero attached hydrogens (tertiary/aromatic N) is 1. The van der Waals surface area contributed by atoms with Gasteiger partial charge in [0, 0.05) is 5.56 Å². The highest BCUT2D eigenvalue weighted by Gasteiger charge is 2.21. The quantitative estimate of drug-likeness (QED) is 0.905. The molecule has 2 aromatic rings. The zero-order chi connectivity index (χ0) is 15.6. The molecule has 0 saturated carbocycles. The molecule has 1 N–H and O–H groups in total. The van der Waals surface area contributed by atoms with Crippen molar-refractivity contribution >= 4 is 22.9 Å². The number of hydrogen-bond donors (Lipinski definition) is 1. The predicted molar refractivity (Wildman–Crippen MR) is 84.8 cm³/mol. The second-order valence-electron chi connectivity index (χ2n) is 5.57. The lowest BCUT2D eigenvalue weighted by atomic mass is 9.86. The summed E-state index contributed by atoms with van der Waals surface area (Å²) in [6.45, 7) is 6.16. The molecule has 0 amide bonds. The highest BCUT2D eigenvalue weighted by atomic mass is 35.5. The first-order chi connectivity index (χ1) is 9.85. The van der Waals surface area contributed by atoms with Gasteiger partial charge in [-0.3, -0.25) is 0 Å². The van der Waals surface area contributed by atoms with Crippen molar-refractivity contribution < 1.29 is 14.6 Å². The van der Waals surface area contributed by atoms with Crippen LogP contribution in [0.3, 0.4) is 0 Å². The van der Waals surface area contributed by atoms with E-state index in [1.165, 1.54) is 11.3 Å². The van der Waals surface area contributed by atoms with E-state index >= 15 is 0 Å². The van der Waals surface area contributed by atoms with Crippen molar-refractivity contribution in [2.24, 2.45) is 0 Å². The molecular formula is C15H18ClNO3S. The molecule has 4 nitrogen and oxygen atoms in total. The first-order valence-corrected chi connectivity index (χ1v) is 7.67.